The van der Waals surface area contributed by atoms with E-state index in [1.54, 1.807) is 11.8 Å². The van der Waals surface area contributed by atoms with Crippen LogP contribution in [0.5, 0.6) is 0 Å². The van der Waals surface area contributed by atoms with E-state index in [1.165, 1.54) is 0 Å². The maximum absolute atomic E-state index is 12.2. The van der Waals surface area contributed by atoms with Gasteiger partial charge in [0, 0.05) is 17.0 Å². The third kappa shape index (κ3) is 4.00. The number of nitrogens with one attached hydrogen (secondary N) is 1. The van der Waals surface area contributed by atoms with Crippen LogP contribution in [0.3, 0.4) is 0 Å². The number of carboxylic acids is 1. The molecule has 1 aromatic carbocycles. The molecular formula is C16H21NO3S. The van der Waals surface area contributed by atoms with Gasteiger partial charge in [0.15, 0.2) is 0 Å². The van der Waals surface area contributed by atoms with Gasteiger partial charge < -0.3 is 10.4 Å². The highest BCUT2D eigenvalue weighted by molar-refractivity contribution is 7.98. The smallest absolute Gasteiger partial charge is 0.310 e. The van der Waals surface area contributed by atoms with Crippen molar-refractivity contribution in [1.29, 1.82) is 0 Å². The molecule has 0 aliphatic heterocycles. The quantitative estimate of drug-likeness (QED) is 0.813. The Morgan fingerprint density at radius 2 is 2.00 bits per heavy atom. The summed E-state index contributed by atoms with van der Waals surface area (Å²) >= 11 is 1.60. The van der Waals surface area contributed by atoms with E-state index in [-0.39, 0.29) is 12.3 Å². The normalized spacial score (nSPS) is 17.2. The lowest BCUT2D eigenvalue weighted by Crippen LogP contribution is -2.37. The molecule has 2 rings (SSSR count). The van der Waals surface area contributed by atoms with Crippen molar-refractivity contribution < 1.29 is 14.7 Å². The molecule has 0 saturated heterocycles. The molecule has 0 heterocycles. The van der Waals surface area contributed by atoms with E-state index in [9.17, 15) is 14.7 Å². The maximum Gasteiger partial charge on any atom is 0.310 e. The lowest BCUT2D eigenvalue weighted by Gasteiger charge is -2.32. The van der Waals surface area contributed by atoms with Gasteiger partial charge in [0.25, 0.3) is 0 Å². The lowest BCUT2D eigenvalue weighted by atomic mass is 9.71. The minimum absolute atomic E-state index is 0.0613. The van der Waals surface area contributed by atoms with Crippen molar-refractivity contribution in [1.82, 2.24) is 0 Å². The number of carbonyl (C=O) groups is 2. The van der Waals surface area contributed by atoms with E-state index < -0.39 is 11.4 Å². The van der Waals surface area contributed by atoms with Crippen LogP contribution in [0.25, 0.3) is 0 Å². The summed E-state index contributed by atoms with van der Waals surface area (Å²) in [5.74, 6) is -1.05. The van der Waals surface area contributed by atoms with Crippen LogP contribution in [0.4, 0.5) is 5.69 Å². The fourth-order valence-electron chi connectivity index (χ4n) is 2.91. The lowest BCUT2D eigenvalue weighted by molar-refractivity contribution is -0.153. The van der Waals surface area contributed by atoms with Crippen LogP contribution in [0.15, 0.2) is 29.2 Å². The Kier molecular flexibility index (Phi) is 5.28. The van der Waals surface area contributed by atoms with Crippen molar-refractivity contribution in [2.45, 2.75) is 43.4 Å². The summed E-state index contributed by atoms with van der Waals surface area (Å²) in [7, 11) is 0. The van der Waals surface area contributed by atoms with Crippen molar-refractivity contribution in [2.75, 3.05) is 11.6 Å². The zero-order valence-corrected chi connectivity index (χ0v) is 13.0. The van der Waals surface area contributed by atoms with Gasteiger partial charge in [-0.15, -0.1) is 11.8 Å². The van der Waals surface area contributed by atoms with Crippen LogP contribution in [0.2, 0.25) is 0 Å². The molecule has 1 amide bonds. The number of rotatable bonds is 5. The standard InChI is InChI=1S/C16H21NO3S/c1-21-13-7-5-6-12(10-13)17-14(18)11-16(15(19)20)8-3-2-4-9-16/h5-7,10H,2-4,8-9,11H2,1H3,(H,17,18)(H,19,20). The highest BCUT2D eigenvalue weighted by atomic mass is 32.2. The Hall–Kier alpha value is -1.49. The second-order valence-electron chi connectivity index (χ2n) is 5.60. The number of amides is 1. The fraction of sp³-hybridized carbons (Fsp3) is 0.500. The van der Waals surface area contributed by atoms with Gasteiger partial charge in [0.05, 0.1) is 5.41 Å². The Labute approximate surface area is 129 Å². The second kappa shape index (κ2) is 6.98. The number of hydrogen-bond donors (Lipinski definition) is 2. The molecule has 0 unspecified atom stereocenters. The third-order valence-corrected chi connectivity index (χ3v) is 4.84. The van der Waals surface area contributed by atoms with Crippen molar-refractivity contribution in [3.8, 4) is 0 Å². The van der Waals surface area contributed by atoms with Gasteiger partial charge in [-0.1, -0.05) is 25.3 Å². The number of thioether (sulfide) groups is 1. The summed E-state index contributed by atoms with van der Waals surface area (Å²) in [6.45, 7) is 0. The maximum atomic E-state index is 12.2. The Morgan fingerprint density at radius 1 is 1.29 bits per heavy atom. The summed E-state index contributed by atoms with van der Waals surface area (Å²) in [5, 5.41) is 12.3. The average molecular weight is 307 g/mol. The van der Waals surface area contributed by atoms with Gasteiger partial charge in [-0.2, -0.15) is 0 Å². The monoisotopic (exact) mass is 307 g/mol. The summed E-state index contributed by atoms with van der Waals surface area (Å²) in [6, 6.07) is 7.58. The number of benzene rings is 1. The van der Waals surface area contributed by atoms with E-state index >= 15 is 0 Å². The van der Waals surface area contributed by atoms with Crippen molar-refractivity contribution >= 4 is 29.3 Å². The number of hydrogen-bond acceptors (Lipinski definition) is 3. The zero-order valence-electron chi connectivity index (χ0n) is 12.2. The Morgan fingerprint density at radius 3 is 2.62 bits per heavy atom. The molecule has 0 bridgehead atoms. The predicted molar refractivity (Wildman–Crippen MR) is 84.6 cm³/mol. The van der Waals surface area contributed by atoms with E-state index in [0.29, 0.717) is 12.8 Å². The molecule has 21 heavy (non-hydrogen) atoms. The minimum Gasteiger partial charge on any atom is -0.481 e. The van der Waals surface area contributed by atoms with E-state index in [1.807, 2.05) is 30.5 Å². The van der Waals surface area contributed by atoms with Gasteiger partial charge in [0.2, 0.25) is 5.91 Å². The predicted octanol–water partition coefficient (Wildman–Crippen LogP) is 3.77. The molecule has 0 spiro atoms. The molecule has 1 aliphatic carbocycles. The first kappa shape index (κ1) is 15.9. The first-order valence-corrected chi connectivity index (χ1v) is 8.45. The molecule has 2 N–H and O–H groups in total. The van der Waals surface area contributed by atoms with Crippen LogP contribution < -0.4 is 5.32 Å². The number of aliphatic carboxylic acids is 1. The van der Waals surface area contributed by atoms with Crippen LogP contribution in [-0.2, 0) is 9.59 Å². The number of carbonyl (C=O) groups excluding carboxylic acids is 1. The molecule has 0 radical (unpaired) electrons. The van der Waals surface area contributed by atoms with E-state index in [2.05, 4.69) is 5.32 Å². The van der Waals surface area contributed by atoms with Gasteiger partial charge in [0.1, 0.15) is 0 Å². The first-order chi connectivity index (χ1) is 10.1. The molecular weight excluding hydrogens is 286 g/mol. The molecule has 1 aromatic rings. The molecule has 1 fully saturated rings. The summed E-state index contributed by atoms with van der Waals surface area (Å²) in [4.78, 5) is 24.9. The summed E-state index contributed by atoms with van der Waals surface area (Å²) < 4.78 is 0. The van der Waals surface area contributed by atoms with Crippen LogP contribution in [0.1, 0.15) is 38.5 Å². The molecule has 0 aromatic heterocycles. The fourth-order valence-corrected chi connectivity index (χ4v) is 3.37. The van der Waals surface area contributed by atoms with Gasteiger partial charge in [-0.25, -0.2) is 0 Å². The third-order valence-electron chi connectivity index (χ3n) is 4.12. The van der Waals surface area contributed by atoms with Gasteiger partial charge >= 0.3 is 5.97 Å². The van der Waals surface area contributed by atoms with E-state index in [0.717, 1.165) is 29.8 Å². The molecule has 5 heteroatoms. The highest BCUT2D eigenvalue weighted by Crippen LogP contribution is 2.39. The van der Waals surface area contributed by atoms with Gasteiger partial charge in [-0.3, -0.25) is 9.59 Å². The van der Waals surface area contributed by atoms with E-state index in [4.69, 9.17) is 0 Å². The number of anilines is 1. The molecule has 1 saturated carbocycles. The summed E-state index contributed by atoms with van der Waals surface area (Å²) in [6.07, 6.45) is 6.07. The van der Waals surface area contributed by atoms with Crippen molar-refractivity contribution in [2.24, 2.45) is 5.41 Å². The van der Waals surface area contributed by atoms with Crippen LogP contribution in [0, 0.1) is 5.41 Å². The Bertz CT molecular complexity index is 524. The van der Waals surface area contributed by atoms with Crippen LogP contribution in [-0.4, -0.2) is 23.2 Å². The molecule has 1 aliphatic rings. The molecule has 0 atom stereocenters. The second-order valence-corrected chi connectivity index (χ2v) is 6.48. The van der Waals surface area contributed by atoms with Crippen LogP contribution >= 0.6 is 11.8 Å². The topological polar surface area (TPSA) is 66.4 Å². The largest absolute Gasteiger partial charge is 0.481 e. The highest BCUT2D eigenvalue weighted by Gasteiger charge is 2.41. The number of carboxylic acid groups (broad SMARTS) is 1. The Balaban J connectivity index is 2.03. The SMILES string of the molecule is CSc1cccc(NC(=O)CC2(C(=O)O)CCCCC2)c1. The van der Waals surface area contributed by atoms with Crippen molar-refractivity contribution in [3.05, 3.63) is 24.3 Å². The van der Waals surface area contributed by atoms with Crippen molar-refractivity contribution in [3.63, 3.8) is 0 Å². The summed E-state index contributed by atoms with van der Waals surface area (Å²) in [5.41, 5.74) is -0.150. The molecule has 114 valence electrons. The minimum atomic E-state index is -0.876. The molecule has 4 nitrogen and oxygen atoms in total. The average Bonchev–Trinajstić information content (AvgIpc) is 2.48. The van der Waals surface area contributed by atoms with Gasteiger partial charge in [-0.05, 0) is 37.3 Å². The first-order valence-electron chi connectivity index (χ1n) is 7.23. The zero-order chi connectivity index (χ0) is 15.3.